The van der Waals surface area contributed by atoms with Crippen molar-refractivity contribution < 1.29 is 9.53 Å². The predicted octanol–water partition coefficient (Wildman–Crippen LogP) is 1.53. The number of carbonyl (C=O) groups excluding carboxylic acids is 1. The van der Waals surface area contributed by atoms with Gasteiger partial charge in [0.1, 0.15) is 5.75 Å². The molecule has 1 heterocycles. The van der Waals surface area contributed by atoms with Gasteiger partial charge < -0.3 is 15.0 Å². The number of hydrogen-bond donors (Lipinski definition) is 1. The molecule has 1 aromatic carbocycles. The molecule has 1 aliphatic heterocycles. The Bertz CT molecular complexity index is 434. The van der Waals surface area contributed by atoms with Gasteiger partial charge in [-0.2, -0.15) is 0 Å². The zero-order chi connectivity index (χ0) is 13.5. The third-order valence-electron chi connectivity index (χ3n) is 3.04. The SMILES string of the molecule is CCOc1ccc(C=CC(=O)N2CCNCC2)cc1. The van der Waals surface area contributed by atoms with Gasteiger partial charge in [-0.25, -0.2) is 0 Å². The number of rotatable bonds is 4. The molecule has 0 unspecified atom stereocenters. The molecule has 4 nitrogen and oxygen atoms in total. The minimum absolute atomic E-state index is 0.0791. The molecule has 0 spiro atoms. The van der Waals surface area contributed by atoms with Crippen molar-refractivity contribution in [3.05, 3.63) is 35.9 Å². The first-order valence-electron chi connectivity index (χ1n) is 6.70. The van der Waals surface area contributed by atoms with Gasteiger partial charge in [0.25, 0.3) is 0 Å². The van der Waals surface area contributed by atoms with Crippen LogP contribution < -0.4 is 10.1 Å². The van der Waals surface area contributed by atoms with Gasteiger partial charge in [-0.15, -0.1) is 0 Å². The molecule has 1 fully saturated rings. The van der Waals surface area contributed by atoms with E-state index in [0.717, 1.165) is 37.5 Å². The summed E-state index contributed by atoms with van der Waals surface area (Å²) in [6, 6.07) is 7.73. The summed E-state index contributed by atoms with van der Waals surface area (Å²) in [7, 11) is 0. The third kappa shape index (κ3) is 4.10. The standard InChI is InChI=1S/C15H20N2O2/c1-2-19-14-6-3-13(4-7-14)5-8-15(18)17-11-9-16-10-12-17/h3-8,16H,2,9-12H2,1H3. The second-order valence-corrected chi connectivity index (χ2v) is 4.41. The van der Waals surface area contributed by atoms with Gasteiger partial charge in [-0.1, -0.05) is 12.1 Å². The smallest absolute Gasteiger partial charge is 0.246 e. The Hall–Kier alpha value is -1.81. The molecule has 19 heavy (non-hydrogen) atoms. The summed E-state index contributed by atoms with van der Waals surface area (Å²) in [5.41, 5.74) is 1.01. The molecule has 0 aliphatic carbocycles. The van der Waals surface area contributed by atoms with E-state index < -0.39 is 0 Å². The van der Waals surface area contributed by atoms with Gasteiger partial charge in [0, 0.05) is 32.3 Å². The van der Waals surface area contributed by atoms with Crippen LogP contribution in [0.2, 0.25) is 0 Å². The monoisotopic (exact) mass is 260 g/mol. The Balaban J connectivity index is 1.91. The van der Waals surface area contributed by atoms with Crippen LogP contribution >= 0.6 is 0 Å². The summed E-state index contributed by atoms with van der Waals surface area (Å²) in [6.07, 6.45) is 3.49. The van der Waals surface area contributed by atoms with Crippen molar-refractivity contribution in [2.24, 2.45) is 0 Å². The van der Waals surface area contributed by atoms with E-state index in [4.69, 9.17) is 4.74 Å². The molecule has 1 saturated heterocycles. The van der Waals surface area contributed by atoms with E-state index in [0.29, 0.717) is 6.61 Å². The van der Waals surface area contributed by atoms with Crippen molar-refractivity contribution in [1.29, 1.82) is 0 Å². The fraction of sp³-hybridized carbons (Fsp3) is 0.400. The summed E-state index contributed by atoms with van der Waals surface area (Å²) < 4.78 is 5.38. The van der Waals surface area contributed by atoms with E-state index in [1.807, 2.05) is 42.2 Å². The van der Waals surface area contributed by atoms with Crippen molar-refractivity contribution in [2.45, 2.75) is 6.92 Å². The summed E-state index contributed by atoms with van der Waals surface area (Å²) in [5, 5.41) is 3.23. The Labute approximate surface area is 114 Å². The van der Waals surface area contributed by atoms with Crippen molar-refractivity contribution in [2.75, 3.05) is 32.8 Å². The summed E-state index contributed by atoms with van der Waals surface area (Å²) >= 11 is 0. The molecule has 1 amide bonds. The number of piperazine rings is 1. The summed E-state index contributed by atoms with van der Waals surface area (Å²) in [6.45, 7) is 5.95. The highest BCUT2D eigenvalue weighted by atomic mass is 16.5. The Morgan fingerprint density at radius 1 is 1.32 bits per heavy atom. The average molecular weight is 260 g/mol. The average Bonchev–Trinajstić information content (AvgIpc) is 2.47. The predicted molar refractivity (Wildman–Crippen MR) is 76.1 cm³/mol. The van der Waals surface area contributed by atoms with E-state index in [-0.39, 0.29) is 5.91 Å². The Morgan fingerprint density at radius 3 is 2.63 bits per heavy atom. The molecule has 4 heteroatoms. The second kappa shape index (κ2) is 6.95. The van der Waals surface area contributed by atoms with Crippen molar-refractivity contribution in [3.63, 3.8) is 0 Å². The van der Waals surface area contributed by atoms with E-state index in [1.165, 1.54) is 0 Å². The third-order valence-corrected chi connectivity index (χ3v) is 3.04. The molecule has 0 radical (unpaired) electrons. The molecule has 0 aromatic heterocycles. The van der Waals surface area contributed by atoms with Crippen LogP contribution in [0.1, 0.15) is 12.5 Å². The van der Waals surface area contributed by atoms with Gasteiger partial charge in [0.2, 0.25) is 5.91 Å². The van der Waals surface area contributed by atoms with E-state index in [9.17, 15) is 4.79 Å². The molecular formula is C15H20N2O2. The van der Waals surface area contributed by atoms with Crippen LogP contribution in [-0.2, 0) is 4.79 Å². The lowest BCUT2D eigenvalue weighted by Gasteiger charge is -2.26. The normalized spacial score (nSPS) is 15.7. The van der Waals surface area contributed by atoms with Crippen LogP contribution in [0.4, 0.5) is 0 Å². The Morgan fingerprint density at radius 2 is 2.00 bits per heavy atom. The van der Waals surface area contributed by atoms with Gasteiger partial charge in [0.05, 0.1) is 6.61 Å². The number of amides is 1. The number of hydrogen-bond acceptors (Lipinski definition) is 3. The number of benzene rings is 1. The molecular weight excluding hydrogens is 240 g/mol. The van der Waals surface area contributed by atoms with Crippen LogP contribution in [0.25, 0.3) is 6.08 Å². The first kappa shape index (κ1) is 13.6. The molecule has 0 atom stereocenters. The number of ether oxygens (including phenoxy) is 1. The number of nitrogens with zero attached hydrogens (tertiary/aromatic N) is 1. The molecule has 0 saturated carbocycles. The molecule has 1 aliphatic rings. The maximum atomic E-state index is 11.9. The Kier molecular flexibility index (Phi) is 4.98. The van der Waals surface area contributed by atoms with E-state index in [2.05, 4.69) is 5.32 Å². The minimum atomic E-state index is 0.0791. The second-order valence-electron chi connectivity index (χ2n) is 4.41. The van der Waals surface area contributed by atoms with Crippen molar-refractivity contribution >= 4 is 12.0 Å². The van der Waals surface area contributed by atoms with Crippen LogP contribution in [0, 0.1) is 0 Å². The molecule has 102 valence electrons. The molecule has 1 aromatic rings. The zero-order valence-electron chi connectivity index (χ0n) is 11.3. The highest BCUT2D eigenvalue weighted by molar-refractivity contribution is 5.91. The van der Waals surface area contributed by atoms with Crippen LogP contribution in [0.5, 0.6) is 5.75 Å². The lowest BCUT2D eigenvalue weighted by Crippen LogP contribution is -2.45. The van der Waals surface area contributed by atoms with Gasteiger partial charge in [-0.05, 0) is 30.7 Å². The molecule has 0 bridgehead atoms. The number of nitrogens with one attached hydrogen (secondary N) is 1. The lowest BCUT2D eigenvalue weighted by atomic mass is 10.2. The highest BCUT2D eigenvalue weighted by Crippen LogP contribution is 2.13. The van der Waals surface area contributed by atoms with E-state index >= 15 is 0 Å². The van der Waals surface area contributed by atoms with Crippen molar-refractivity contribution in [1.82, 2.24) is 10.2 Å². The zero-order valence-corrected chi connectivity index (χ0v) is 11.3. The number of carbonyl (C=O) groups is 1. The first-order chi connectivity index (χ1) is 9.29. The van der Waals surface area contributed by atoms with Gasteiger partial charge in [0.15, 0.2) is 0 Å². The maximum absolute atomic E-state index is 11.9. The van der Waals surface area contributed by atoms with Crippen LogP contribution in [0.3, 0.4) is 0 Å². The van der Waals surface area contributed by atoms with Crippen LogP contribution in [-0.4, -0.2) is 43.6 Å². The minimum Gasteiger partial charge on any atom is -0.494 e. The van der Waals surface area contributed by atoms with Gasteiger partial charge in [-0.3, -0.25) is 4.79 Å². The van der Waals surface area contributed by atoms with E-state index in [1.54, 1.807) is 6.08 Å². The quantitative estimate of drug-likeness (QED) is 0.835. The topological polar surface area (TPSA) is 41.6 Å². The maximum Gasteiger partial charge on any atom is 0.246 e. The summed E-state index contributed by atoms with van der Waals surface area (Å²) in [5.74, 6) is 0.934. The van der Waals surface area contributed by atoms with Crippen LogP contribution in [0.15, 0.2) is 30.3 Å². The highest BCUT2D eigenvalue weighted by Gasteiger charge is 2.12. The van der Waals surface area contributed by atoms with Crippen molar-refractivity contribution in [3.8, 4) is 5.75 Å². The lowest BCUT2D eigenvalue weighted by molar-refractivity contribution is -0.126. The fourth-order valence-electron chi connectivity index (χ4n) is 2.00. The molecule has 2 rings (SSSR count). The first-order valence-corrected chi connectivity index (χ1v) is 6.70. The van der Waals surface area contributed by atoms with Gasteiger partial charge >= 0.3 is 0 Å². The molecule has 1 N–H and O–H groups in total. The fourth-order valence-corrected chi connectivity index (χ4v) is 2.00. The largest absolute Gasteiger partial charge is 0.494 e. The summed E-state index contributed by atoms with van der Waals surface area (Å²) in [4.78, 5) is 13.8.